The highest BCUT2D eigenvalue weighted by Crippen LogP contribution is 2.28. The lowest BCUT2D eigenvalue weighted by atomic mass is 10.2. The summed E-state index contributed by atoms with van der Waals surface area (Å²) in [6.45, 7) is 0. The topological polar surface area (TPSA) is 77.8 Å². The van der Waals surface area contributed by atoms with Gasteiger partial charge in [0.1, 0.15) is 5.69 Å². The number of halogens is 1. The van der Waals surface area contributed by atoms with Crippen LogP contribution in [0.1, 0.15) is 0 Å². The van der Waals surface area contributed by atoms with Gasteiger partial charge >= 0.3 is 0 Å². The Hall–Kier alpha value is -1.48. The molecule has 0 spiro atoms. The van der Waals surface area contributed by atoms with Gasteiger partial charge in [-0.2, -0.15) is 4.98 Å². The average molecular weight is 370 g/mol. The maximum Gasteiger partial charge on any atom is 0.260 e. The Morgan fingerprint density at radius 1 is 1.33 bits per heavy atom. The summed E-state index contributed by atoms with van der Waals surface area (Å²) < 4.78 is 6.29. The Morgan fingerprint density at radius 3 is 3.00 bits per heavy atom. The predicted octanol–water partition coefficient (Wildman–Crippen LogP) is 3.05. The summed E-state index contributed by atoms with van der Waals surface area (Å²) in [6, 6.07) is 5.66. The van der Waals surface area contributed by atoms with Crippen molar-refractivity contribution in [3.05, 3.63) is 32.7 Å². The van der Waals surface area contributed by atoms with Crippen LogP contribution in [0.4, 0.5) is 5.69 Å². The van der Waals surface area contributed by atoms with E-state index in [4.69, 9.17) is 10.3 Å². The van der Waals surface area contributed by atoms with Crippen molar-refractivity contribution in [2.45, 2.75) is 0 Å². The van der Waals surface area contributed by atoms with Crippen molar-refractivity contribution in [2.75, 3.05) is 5.73 Å². The van der Waals surface area contributed by atoms with E-state index in [9.17, 15) is 0 Å². The number of thiazole rings is 1. The summed E-state index contributed by atoms with van der Waals surface area (Å²) >= 11 is 3.70. The molecule has 3 rings (SSSR count). The van der Waals surface area contributed by atoms with Gasteiger partial charge in [0.15, 0.2) is 0 Å². The lowest BCUT2D eigenvalue weighted by molar-refractivity contribution is 0.432. The summed E-state index contributed by atoms with van der Waals surface area (Å²) in [7, 11) is 0. The van der Waals surface area contributed by atoms with Crippen LogP contribution >= 0.6 is 33.9 Å². The SMILES string of the molecule is Nc1ccc(I)cc1-c1nc(-c2cscn2)no1. The highest BCUT2D eigenvalue weighted by atomic mass is 127. The van der Waals surface area contributed by atoms with Crippen molar-refractivity contribution >= 4 is 39.6 Å². The molecule has 0 atom stereocenters. The summed E-state index contributed by atoms with van der Waals surface area (Å²) in [4.78, 5) is 8.44. The van der Waals surface area contributed by atoms with Crippen LogP contribution in [0.5, 0.6) is 0 Å². The Labute approximate surface area is 120 Å². The molecule has 0 saturated heterocycles. The molecule has 2 N–H and O–H groups in total. The van der Waals surface area contributed by atoms with Gasteiger partial charge in [-0.05, 0) is 40.8 Å². The van der Waals surface area contributed by atoms with Gasteiger partial charge in [0, 0.05) is 14.6 Å². The second-order valence-corrected chi connectivity index (χ2v) is 5.49. The van der Waals surface area contributed by atoms with E-state index in [0.717, 1.165) is 9.13 Å². The minimum absolute atomic E-state index is 0.411. The van der Waals surface area contributed by atoms with Gasteiger partial charge in [0.25, 0.3) is 5.89 Å². The molecular formula is C11H7IN4OS. The Morgan fingerprint density at radius 2 is 2.22 bits per heavy atom. The first-order valence-electron chi connectivity index (χ1n) is 5.02. The fraction of sp³-hybridized carbons (Fsp3) is 0. The lowest BCUT2D eigenvalue weighted by Gasteiger charge is -2.00. The van der Waals surface area contributed by atoms with E-state index in [1.165, 1.54) is 11.3 Å². The number of anilines is 1. The molecule has 18 heavy (non-hydrogen) atoms. The summed E-state index contributed by atoms with van der Waals surface area (Å²) in [6.07, 6.45) is 0. The van der Waals surface area contributed by atoms with Crippen LogP contribution in [-0.2, 0) is 0 Å². The minimum Gasteiger partial charge on any atom is -0.398 e. The van der Waals surface area contributed by atoms with Crippen LogP contribution in [-0.4, -0.2) is 15.1 Å². The van der Waals surface area contributed by atoms with Gasteiger partial charge in [0.05, 0.1) is 11.1 Å². The van der Waals surface area contributed by atoms with E-state index in [0.29, 0.717) is 23.1 Å². The molecule has 90 valence electrons. The molecule has 0 aliphatic carbocycles. The van der Waals surface area contributed by atoms with E-state index in [2.05, 4.69) is 37.7 Å². The molecule has 5 nitrogen and oxygen atoms in total. The molecule has 0 unspecified atom stereocenters. The molecule has 0 bridgehead atoms. The van der Waals surface area contributed by atoms with E-state index in [1.807, 2.05) is 23.6 Å². The van der Waals surface area contributed by atoms with Gasteiger partial charge in [0.2, 0.25) is 5.82 Å². The van der Waals surface area contributed by atoms with E-state index in [-0.39, 0.29) is 0 Å². The largest absolute Gasteiger partial charge is 0.398 e. The van der Waals surface area contributed by atoms with Crippen LogP contribution in [0.3, 0.4) is 0 Å². The summed E-state index contributed by atoms with van der Waals surface area (Å²) in [5.41, 5.74) is 9.70. The van der Waals surface area contributed by atoms with Gasteiger partial charge < -0.3 is 10.3 Å². The molecule has 0 aliphatic heterocycles. The van der Waals surface area contributed by atoms with Crippen LogP contribution < -0.4 is 5.73 Å². The van der Waals surface area contributed by atoms with Crippen LogP contribution in [0.25, 0.3) is 23.0 Å². The van der Waals surface area contributed by atoms with E-state index < -0.39 is 0 Å². The second-order valence-electron chi connectivity index (χ2n) is 3.53. The number of nitrogens with zero attached hydrogens (tertiary/aromatic N) is 3. The molecule has 0 saturated carbocycles. The first kappa shape index (κ1) is 11.6. The van der Waals surface area contributed by atoms with Crippen molar-refractivity contribution < 1.29 is 4.52 Å². The van der Waals surface area contributed by atoms with E-state index in [1.54, 1.807) is 5.51 Å². The highest BCUT2D eigenvalue weighted by molar-refractivity contribution is 14.1. The zero-order valence-corrected chi connectivity index (χ0v) is 12.0. The predicted molar refractivity (Wildman–Crippen MR) is 78.0 cm³/mol. The zero-order chi connectivity index (χ0) is 12.5. The van der Waals surface area contributed by atoms with Gasteiger partial charge in [-0.3, -0.25) is 0 Å². The molecule has 1 aromatic carbocycles. The fourth-order valence-corrected chi connectivity index (χ4v) is 2.50. The third-order valence-electron chi connectivity index (χ3n) is 2.33. The van der Waals surface area contributed by atoms with E-state index >= 15 is 0 Å². The molecule has 0 amide bonds. The number of aromatic nitrogens is 3. The fourth-order valence-electron chi connectivity index (χ4n) is 1.47. The Balaban J connectivity index is 2.05. The average Bonchev–Trinajstić information content (AvgIpc) is 3.00. The monoisotopic (exact) mass is 370 g/mol. The van der Waals surface area contributed by atoms with Gasteiger partial charge in [-0.1, -0.05) is 5.16 Å². The van der Waals surface area contributed by atoms with Crippen molar-refractivity contribution in [2.24, 2.45) is 0 Å². The van der Waals surface area contributed by atoms with Crippen LogP contribution in [0.2, 0.25) is 0 Å². The number of nitrogen functional groups attached to an aromatic ring is 1. The zero-order valence-electron chi connectivity index (χ0n) is 9.00. The van der Waals surface area contributed by atoms with Crippen molar-refractivity contribution in [3.8, 4) is 23.0 Å². The Bertz CT molecular complexity index is 680. The summed E-state index contributed by atoms with van der Waals surface area (Å²) in [5.74, 6) is 0.888. The minimum atomic E-state index is 0.411. The Kier molecular flexibility index (Phi) is 3.00. The second kappa shape index (κ2) is 4.65. The van der Waals surface area contributed by atoms with Crippen LogP contribution in [0.15, 0.2) is 33.6 Å². The normalized spacial score (nSPS) is 10.7. The van der Waals surface area contributed by atoms with Crippen LogP contribution in [0, 0.1) is 3.57 Å². The molecule has 0 aliphatic rings. The number of benzene rings is 1. The van der Waals surface area contributed by atoms with Crippen molar-refractivity contribution in [3.63, 3.8) is 0 Å². The van der Waals surface area contributed by atoms with Crippen molar-refractivity contribution in [1.82, 2.24) is 15.1 Å². The number of hydrogen-bond donors (Lipinski definition) is 1. The first-order valence-corrected chi connectivity index (χ1v) is 7.04. The van der Waals surface area contributed by atoms with Gasteiger partial charge in [-0.15, -0.1) is 11.3 Å². The number of nitrogens with two attached hydrogens (primary N) is 1. The van der Waals surface area contributed by atoms with Crippen molar-refractivity contribution in [1.29, 1.82) is 0 Å². The third kappa shape index (κ3) is 2.10. The quantitative estimate of drug-likeness (QED) is 0.554. The standard InChI is InChI=1S/C11H7IN4OS/c12-6-1-2-8(13)7(3-6)11-15-10(16-17-11)9-4-18-5-14-9/h1-5H,13H2. The molecule has 2 aromatic heterocycles. The summed E-state index contributed by atoms with van der Waals surface area (Å²) in [5, 5.41) is 5.77. The smallest absolute Gasteiger partial charge is 0.260 e. The maximum atomic E-state index is 5.90. The molecule has 7 heteroatoms. The molecular weight excluding hydrogens is 363 g/mol. The maximum absolute atomic E-state index is 5.90. The highest BCUT2D eigenvalue weighted by Gasteiger charge is 2.14. The molecule has 2 heterocycles. The molecule has 0 fully saturated rings. The van der Waals surface area contributed by atoms with Gasteiger partial charge in [-0.25, -0.2) is 4.98 Å². The third-order valence-corrected chi connectivity index (χ3v) is 3.59. The first-order chi connectivity index (χ1) is 8.74. The number of hydrogen-bond acceptors (Lipinski definition) is 6. The molecule has 3 aromatic rings. The lowest BCUT2D eigenvalue weighted by Crippen LogP contribution is -1.90. The number of rotatable bonds is 2. The molecule has 0 radical (unpaired) electrons.